The third-order valence-corrected chi connectivity index (χ3v) is 5.55. The van der Waals surface area contributed by atoms with E-state index >= 15 is 0 Å². The molecule has 0 aliphatic heterocycles. The molecule has 0 spiro atoms. The van der Waals surface area contributed by atoms with Crippen LogP contribution in [0.5, 0.6) is 0 Å². The van der Waals surface area contributed by atoms with Crippen LogP contribution in [0.1, 0.15) is 88.5 Å². The van der Waals surface area contributed by atoms with E-state index in [2.05, 4.69) is 47.1 Å². The summed E-state index contributed by atoms with van der Waals surface area (Å²) in [5.41, 5.74) is -1.42. The van der Waals surface area contributed by atoms with Crippen molar-refractivity contribution in [3.05, 3.63) is 0 Å². The molecule has 0 fully saturated rings. The molecule has 7 heteroatoms. The van der Waals surface area contributed by atoms with Crippen molar-refractivity contribution in [3.63, 3.8) is 0 Å². The lowest BCUT2D eigenvalue weighted by Gasteiger charge is -2.30. The molecule has 0 saturated heterocycles. The molecule has 0 heterocycles. The van der Waals surface area contributed by atoms with E-state index < -0.39 is 11.1 Å². The summed E-state index contributed by atoms with van der Waals surface area (Å²) in [5, 5.41) is 6.63. The van der Waals surface area contributed by atoms with E-state index in [1.54, 1.807) is 0 Å². The molecule has 31 heavy (non-hydrogen) atoms. The van der Waals surface area contributed by atoms with Gasteiger partial charge in [0.25, 0.3) is 0 Å². The van der Waals surface area contributed by atoms with Crippen LogP contribution in [0, 0.1) is 5.41 Å². The number of halogens is 1. The van der Waals surface area contributed by atoms with Gasteiger partial charge in [0.2, 0.25) is 0 Å². The van der Waals surface area contributed by atoms with Crippen LogP contribution < -0.4 is 10.6 Å². The van der Waals surface area contributed by atoms with E-state index in [9.17, 15) is 9.59 Å². The van der Waals surface area contributed by atoms with Gasteiger partial charge in [0.05, 0.1) is 34.0 Å². The highest BCUT2D eigenvalue weighted by Gasteiger charge is 2.30. The lowest BCUT2D eigenvalue weighted by Crippen LogP contribution is -2.48. The quantitative estimate of drug-likeness (QED) is 0.125. The van der Waals surface area contributed by atoms with Gasteiger partial charge in [0.15, 0.2) is 5.78 Å². The number of Topliss-reactive ketones (excluding diaryl/α,β-unsaturated/α-hetero) is 2. The van der Waals surface area contributed by atoms with Crippen molar-refractivity contribution < 1.29 is 19.1 Å². The number of hydrogen-bond acceptors (Lipinski definition) is 6. The Kier molecular flexibility index (Phi) is 12.9. The highest BCUT2D eigenvalue weighted by Crippen LogP contribution is 2.21. The van der Waals surface area contributed by atoms with E-state index in [0.29, 0.717) is 39.0 Å². The van der Waals surface area contributed by atoms with Gasteiger partial charge in [-0.05, 0) is 54.9 Å². The monoisotopic (exact) mass is 554 g/mol. The van der Waals surface area contributed by atoms with Gasteiger partial charge in [-0.3, -0.25) is 9.59 Å². The third-order valence-electron chi connectivity index (χ3n) is 5.17. The van der Waals surface area contributed by atoms with Crippen LogP contribution in [0.25, 0.3) is 0 Å². The number of hydrogen-bond donors (Lipinski definition) is 2. The molecular weight excluding hydrogens is 507 g/mol. The predicted octanol–water partition coefficient (Wildman–Crippen LogP) is 4.67. The Morgan fingerprint density at radius 1 is 0.871 bits per heavy atom. The van der Waals surface area contributed by atoms with Crippen LogP contribution in [-0.4, -0.2) is 58.7 Å². The lowest BCUT2D eigenvalue weighted by atomic mass is 9.88. The molecule has 184 valence electrons. The van der Waals surface area contributed by atoms with Crippen LogP contribution in [-0.2, 0) is 19.1 Å². The minimum atomic E-state index is -0.663. The molecule has 0 radical (unpaired) electrons. The number of carbonyl (C=O) groups is 2. The molecule has 0 aliphatic carbocycles. The largest absolute Gasteiger partial charge is 0.375 e. The molecular formula is C24H47IN2O4. The molecule has 0 amide bonds. The van der Waals surface area contributed by atoms with Crippen LogP contribution in [0.15, 0.2) is 0 Å². The molecule has 0 aliphatic rings. The Labute approximate surface area is 204 Å². The fourth-order valence-corrected chi connectivity index (χ4v) is 3.03. The summed E-state index contributed by atoms with van der Waals surface area (Å²) in [5.74, 6) is 0.326. The topological polar surface area (TPSA) is 76.7 Å². The zero-order valence-electron chi connectivity index (χ0n) is 21.5. The average molecular weight is 555 g/mol. The maximum Gasteiger partial charge on any atom is 0.152 e. The number of nitrogens with one attached hydrogen (secondary N) is 2. The Bertz CT molecular complexity index is 563. The van der Waals surface area contributed by atoms with E-state index in [1.807, 2.05) is 55.4 Å². The van der Waals surface area contributed by atoms with Gasteiger partial charge < -0.3 is 20.1 Å². The van der Waals surface area contributed by atoms with Gasteiger partial charge in [-0.2, -0.15) is 0 Å². The number of alkyl halides is 1. The van der Waals surface area contributed by atoms with Crippen LogP contribution in [0.4, 0.5) is 0 Å². The van der Waals surface area contributed by atoms with Gasteiger partial charge >= 0.3 is 0 Å². The van der Waals surface area contributed by atoms with Gasteiger partial charge in [-0.15, -0.1) is 0 Å². The van der Waals surface area contributed by atoms with E-state index in [0.717, 1.165) is 6.54 Å². The highest BCUT2D eigenvalue weighted by atomic mass is 127. The van der Waals surface area contributed by atoms with E-state index in [1.165, 1.54) is 0 Å². The maximum absolute atomic E-state index is 12.7. The smallest absolute Gasteiger partial charge is 0.152 e. The standard InChI is InChI=1S/C24H47IN2O4/c1-18(30-16-15-27-24(9,10)25)17-31-22(5,6)13-11-20(29)23(7,8)26-14-12-19(28)21(2,3)4/h18,26-27H,11-17H2,1-10H3. The zero-order chi connectivity index (χ0) is 24.5. The molecule has 1 atom stereocenters. The first-order valence-electron chi connectivity index (χ1n) is 11.4. The normalized spacial score (nSPS) is 14.5. The molecule has 0 aromatic rings. The summed E-state index contributed by atoms with van der Waals surface area (Å²) in [6.07, 6.45) is 1.48. The second-order valence-corrected chi connectivity index (χ2v) is 13.7. The van der Waals surface area contributed by atoms with E-state index in [-0.39, 0.29) is 26.6 Å². The summed E-state index contributed by atoms with van der Waals surface area (Å²) >= 11 is 2.36. The Hall–Kier alpha value is -0.0900. The van der Waals surface area contributed by atoms with Crippen molar-refractivity contribution in [1.82, 2.24) is 10.6 Å². The molecule has 0 rings (SSSR count). The lowest BCUT2D eigenvalue weighted by molar-refractivity contribution is -0.128. The second kappa shape index (κ2) is 13.0. The van der Waals surface area contributed by atoms with Crippen molar-refractivity contribution >= 4 is 34.2 Å². The molecule has 0 aromatic heterocycles. The van der Waals surface area contributed by atoms with Crippen LogP contribution in [0.3, 0.4) is 0 Å². The Balaban J connectivity index is 4.28. The SMILES string of the molecule is CC(COC(C)(C)CCC(=O)C(C)(C)NCCC(=O)C(C)(C)C)OCCNC(C)(C)I. The number of ether oxygens (including phenoxy) is 2. The van der Waals surface area contributed by atoms with Gasteiger partial charge in [0.1, 0.15) is 5.78 Å². The summed E-state index contributed by atoms with van der Waals surface area (Å²) in [4.78, 5) is 24.8. The van der Waals surface area contributed by atoms with Gasteiger partial charge in [-0.25, -0.2) is 0 Å². The molecule has 0 aromatic carbocycles. The number of rotatable bonds is 16. The Morgan fingerprint density at radius 2 is 1.45 bits per heavy atom. The predicted molar refractivity (Wildman–Crippen MR) is 137 cm³/mol. The maximum atomic E-state index is 12.7. The minimum absolute atomic E-state index is 0.00689. The number of carbonyl (C=O) groups excluding carboxylic acids is 2. The molecule has 6 nitrogen and oxygen atoms in total. The molecule has 0 bridgehead atoms. The van der Waals surface area contributed by atoms with Gasteiger partial charge in [0, 0.05) is 31.3 Å². The fourth-order valence-electron chi connectivity index (χ4n) is 2.76. The number of ketones is 2. The molecule has 1 unspecified atom stereocenters. The summed E-state index contributed by atoms with van der Waals surface area (Å²) in [6.45, 7) is 22.2. The minimum Gasteiger partial charge on any atom is -0.375 e. The van der Waals surface area contributed by atoms with Crippen molar-refractivity contribution in [3.8, 4) is 0 Å². The molecule has 0 saturated carbocycles. The van der Waals surface area contributed by atoms with Crippen molar-refractivity contribution in [2.24, 2.45) is 5.41 Å². The first-order chi connectivity index (χ1) is 13.9. The summed E-state index contributed by atoms with van der Waals surface area (Å²) < 4.78 is 11.9. The first kappa shape index (κ1) is 30.9. The van der Waals surface area contributed by atoms with Crippen molar-refractivity contribution in [2.75, 3.05) is 26.3 Å². The summed E-state index contributed by atoms with van der Waals surface area (Å²) in [7, 11) is 0. The average Bonchev–Trinajstić information content (AvgIpc) is 2.60. The zero-order valence-corrected chi connectivity index (χ0v) is 23.7. The first-order valence-corrected chi connectivity index (χ1v) is 12.4. The molecule has 2 N–H and O–H groups in total. The van der Waals surface area contributed by atoms with Crippen LogP contribution >= 0.6 is 22.6 Å². The third kappa shape index (κ3) is 15.4. The Morgan fingerprint density at radius 3 is 1.97 bits per heavy atom. The van der Waals surface area contributed by atoms with E-state index in [4.69, 9.17) is 9.47 Å². The second-order valence-electron chi connectivity index (χ2n) is 11.0. The highest BCUT2D eigenvalue weighted by molar-refractivity contribution is 14.1. The fraction of sp³-hybridized carbons (Fsp3) is 0.917. The van der Waals surface area contributed by atoms with Gasteiger partial charge in [-0.1, -0.05) is 43.4 Å². The van der Waals surface area contributed by atoms with Crippen molar-refractivity contribution in [2.45, 2.75) is 109 Å². The van der Waals surface area contributed by atoms with Crippen molar-refractivity contribution in [1.29, 1.82) is 0 Å². The van der Waals surface area contributed by atoms with Crippen LogP contribution in [0.2, 0.25) is 0 Å². The summed E-state index contributed by atoms with van der Waals surface area (Å²) in [6, 6.07) is 0.